The van der Waals surface area contributed by atoms with Crippen LogP contribution < -0.4 is 4.74 Å². The van der Waals surface area contributed by atoms with Crippen LogP contribution in [0, 0.1) is 5.41 Å². The van der Waals surface area contributed by atoms with Crippen molar-refractivity contribution in [2.75, 3.05) is 0 Å². The van der Waals surface area contributed by atoms with Crippen LogP contribution in [0.4, 0.5) is 0 Å². The lowest BCUT2D eigenvalue weighted by Crippen LogP contribution is -2.16. The number of ether oxygens (including phenoxy) is 1. The molecule has 0 saturated carbocycles. The number of benzene rings is 2. The Morgan fingerprint density at radius 2 is 1.69 bits per heavy atom. The van der Waals surface area contributed by atoms with E-state index in [0.29, 0.717) is 6.61 Å². The molecule has 0 unspecified atom stereocenters. The van der Waals surface area contributed by atoms with Crippen molar-refractivity contribution in [1.29, 1.82) is 0 Å². The van der Waals surface area contributed by atoms with Gasteiger partial charge in [-0.2, -0.15) is 0 Å². The van der Waals surface area contributed by atoms with Crippen LogP contribution in [0.2, 0.25) is 5.02 Å². The highest BCUT2D eigenvalue weighted by Crippen LogP contribution is 2.44. The molecule has 3 nitrogen and oxygen atoms in total. The van der Waals surface area contributed by atoms with Crippen LogP contribution in [0.1, 0.15) is 58.5 Å². The summed E-state index contributed by atoms with van der Waals surface area (Å²) in [7, 11) is 0. The summed E-state index contributed by atoms with van der Waals surface area (Å²) in [6, 6.07) is 20.6. The van der Waals surface area contributed by atoms with Crippen LogP contribution in [0.3, 0.4) is 0 Å². The van der Waals surface area contributed by atoms with Crippen molar-refractivity contribution in [3.05, 3.63) is 88.8 Å². The number of pyridine rings is 1. The molecule has 0 aliphatic heterocycles. The Morgan fingerprint density at radius 3 is 2.31 bits per heavy atom. The molecule has 184 valence electrons. The van der Waals surface area contributed by atoms with E-state index in [9.17, 15) is 0 Å². The van der Waals surface area contributed by atoms with Crippen molar-refractivity contribution in [2.45, 2.75) is 70.8 Å². The molecule has 0 N–H and O–H groups in total. The Kier molecular flexibility index (Phi) is 7.54. The molecule has 0 aliphatic carbocycles. The van der Waals surface area contributed by atoms with E-state index in [1.54, 1.807) is 6.20 Å². The minimum Gasteiger partial charge on any atom is -0.487 e. The van der Waals surface area contributed by atoms with Gasteiger partial charge in [-0.05, 0) is 59.9 Å². The minimum atomic E-state index is 0.0802. The van der Waals surface area contributed by atoms with Gasteiger partial charge in [0, 0.05) is 44.0 Å². The number of nitrogens with zero attached hydrogens (tertiary/aromatic N) is 2. The van der Waals surface area contributed by atoms with Gasteiger partial charge in [-0.25, -0.2) is 0 Å². The molecule has 35 heavy (non-hydrogen) atoms. The van der Waals surface area contributed by atoms with Gasteiger partial charge >= 0.3 is 0 Å². The van der Waals surface area contributed by atoms with Gasteiger partial charge in [0.25, 0.3) is 0 Å². The topological polar surface area (TPSA) is 27.1 Å². The third-order valence-electron chi connectivity index (χ3n) is 5.56. The fraction of sp³-hybridized carbons (Fsp3) is 0.367. The lowest BCUT2D eigenvalue weighted by Gasteiger charge is -2.24. The summed E-state index contributed by atoms with van der Waals surface area (Å²) in [6.07, 6.45) is 2.79. The molecule has 0 atom stereocenters. The van der Waals surface area contributed by atoms with E-state index in [-0.39, 0.29) is 10.2 Å². The Morgan fingerprint density at radius 1 is 0.943 bits per heavy atom. The summed E-state index contributed by atoms with van der Waals surface area (Å²) in [5.74, 6) is 0.866. The zero-order valence-electron chi connectivity index (χ0n) is 21.6. The highest BCUT2D eigenvalue weighted by Gasteiger charge is 2.26. The normalized spacial score (nSPS) is 12.3. The first-order valence-corrected chi connectivity index (χ1v) is 13.3. The molecule has 4 rings (SSSR count). The smallest absolute Gasteiger partial charge is 0.130 e. The Bertz CT molecular complexity index is 1280. The summed E-state index contributed by atoms with van der Waals surface area (Å²) < 4.78 is 8.74. The van der Waals surface area contributed by atoms with E-state index in [4.69, 9.17) is 16.3 Å². The zero-order chi connectivity index (χ0) is 25.2. The molecular weight excluding hydrogens is 472 g/mol. The second kappa shape index (κ2) is 10.3. The summed E-state index contributed by atoms with van der Waals surface area (Å²) in [5.41, 5.74) is 4.92. The molecule has 2 heterocycles. The maximum absolute atomic E-state index is 6.17. The van der Waals surface area contributed by atoms with Crippen molar-refractivity contribution in [1.82, 2.24) is 9.55 Å². The van der Waals surface area contributed by atoms with Crippen molar-refractivity contribution in [3.8, 4) is 5.75 Å². The monoisotopic (exact) mass is 506 g/mol. The van der Waals surface area contributed by atoms with E-state index in [0.717, 1.165) is 29.4 Å². The molecule has 0 aliphatic rings. The van der Waals surface area contributed by atoms with E-state index in [1.807, 2.05) is 42.1 Å². The van der Waals surface area contributed by atoms with Crippen molar-refractivity contribution < 1.29 is 4.74 Å². The molecular formula is C30H35ClN2OS. The SMILES string of the molecule is CC(C)(C)Cc1c(SC(C)(C)C)c2cc(OCc3ccccn3)ccc2n1Cc1ccc(Cl)cc1. The Balaban J connectivity index is 1.82. The van der Waals surface area contributed by atoms with E-state index in [2.05, 4.69) is 81.4 Å². The number of hydrogen-bond acceptors (Lipinski definition) is 3. The summed E-state index contributed by atoms with van der Waals surface area (Å²) in [6.45, 7) is 15.0. The van der Waals surface area contributed by atoms with Crippen LogP contribution in [0.15, 0.2) is 71.8 Å². The molecule has 0 bridgehead atoms. The number of hydrogen-bond donors (Lipinski definition) is 0. The average molecular weight is 507 g/mol. The molecule has 0 radical (unpaired) electrons. The summed E-state index contributed by atoms with van der Waals surface area (Å²) in [5, 5.41) is 2.01. The highest BCUT2D eigenvalue weighted by atomic mass is 35.5. The third-order valence-corrected chi connectivity index (χ3v) is 7.09. The van der Waals surface area contributed by atoms with Crippen LogP contribution in [0.5, 0.6) is 5.75 Å². The second-order valence-corrected chi connectivity index (χ2v) is 13.5. The van der Waals surface area contributed by atoms with E-state index in [1.165, 1.54) is 27.1 Å². The first-order chi connectivity index (χ1) is 16.5. The second-order valence-electron chi connectivity index (χ2n) is 11.2. The number of halogens is 1. The molecule has 5 heteroatoms. The summed E-state index contributed by atoms with van der Waals surface area (Å²) >= 11 is 8.11. The van der Waals surface area contributed by atoms with Crippen LogP contribution in [0.25, 0.3) is 10.9 Å². The molecule has 0 spiro atoms. The number of rotatable bonds is 7. The van der Waals surface area contributed by atoms with Gasteiger partial charge in [0.1, 0.15) is 12.4 Å². The molecule has 0 fully saturated rings. The Hall–Kier alpha value is -2.43. The molecule has 0 amide bonds. The van der Waals surface area contributed by atoms with Gasteiger partial charge in [0.2, 0.25) is 0 Å². The largest absolute Gasteiger partial charge is 0.487 e. The molecule has 0 saturated heterocycles. The van der Waals surface area contributed by atoms with Crippen molar-refractivity contribution in [3.63, 3.8) is 0 Å². The predicted octanol–water partition coefficient (Wildman–Crippen LogP) is 8.80. The number of fused-ring (bicyclic) bond motifs is 1. The standard InChI is InChI=1S/C30H35ClN2OS/c1-29(2,3)18-27-28(35-30(4,5)6)25-17-24(34-20-23-9-7-8-16-32-23)14-15-26(25)33(27)19-21-10-12-22(31)13-11-21/h7-17H,18-20H2,1-6H3. The zero-order valence-corrected chi connectivity index (χ0v) is 23.1. The molecule has 2 aromatic carbocycles. The van der Waals surface area contributed by atoms with E-state index >= 15 is 0 Å². The lowest BCUT2D eigenvalue weighted by atomic mass is 9.90. The fourth-order valence-electron chi connectivity index (χ4n) is 4.14. The van der Waals surface area contributed by atoms with Gasteiger partial charge in [0.15, 0.2) is 0 Å². The van der Waals surface area contributed by atoms with Crippen molar-refractivity contribution >= 4 is 34.3 Å². The van der Waals surface area contributed by atoms with Gasteiger partial charge in [-0.15, -0.1) is 11.8 Å². The van der Waals surface area contributed by atoms with Gasteiger partial charge < -0.3 is 9.30 Å². The molecule has 2 aromatic heterocycles. The van der Waals surface area contributed by atoms with Crippen LogP contribution in [-0.2, 0) is 19.6 Å². The number of thioether (sulfide) groups is 1. The fourth-order valence-corrected chi connectivity index (χ4v) is 5.45. The van der Waals surface area contributed by atoms with Crippen LogP contribution >= 0.6 is 23.4 Å². The lowest BCUT2D eigenvalue weighted by molar-refractivity contribution is 0.301. The van der Waals surface area contributed by atoms with Gasteiger partial charge in [-0.3, -0.25) is 4.98 Å². The highest BCUT2D eigenvalue weighted by molar-refractivity contribution is 8.00. The molecule has 4 aromatic rings. The third kappa shape index (κ3) is 6.83. The Labute approximate surface area is 218 Å². The predicted molar refractivity (Wildman–Crippen MR) is 150 cm³/mol. The first-order valence-electron chi connectivity index (χ1n) is 12.1. The van der Waals surface area contributed by atoms with Crippen LogP contribution in [-0.4, -0.2) is 14.3 Å². The van der Waals surface area contributed by atoms with Gasteiger partial charge in [0.05, 0.1) is 5.69 Å². The van der Waals surface area contributed by atoms with Gasteiger partial charge in [-0.1, -0.05) is 71.3 Å². The first kappa shape index (κ1) is 25.7. The average Bonchev–Trinajstić information content (AvgIpc) is 3.04. The minimum absolute atomic E-state index is 0.0802. The van der Waals surface area contributed by atoms with Crippen molar-refractivity contribution in [2.24, 2.45) is 5.41 Å². The number of aromatic nitrogens is 2. The quantitative estimate of drug-likeness (QED) is 0.234. The maximum atomic E-state index is 6.17. The van der Waals surface area contributed by atoms with E-state index < -0.39 is 0 Å². The summed E-state index contributed by atoms with van der Waals surface area (Å²) in [4.78, 5) is 5.74. The maximum Gasteiger partial charge on any atom is 0.130 e.